The van der Waals surface area contributed by atoms with Crippen molar-refractivity contribution in [2.45, 2.75) is 31.8 Å². The van der Waals surface area contributed by atoms with Crippen LogP contribution in [0.4, 0.5) is 0 Å². The van der Waals surface area contributed by atoms with Crippen LogP contribution in [-0.4, -0.2) is 38.2 Å². The summed E-state index contributed by atoms with van der Waals surface area (Å²) in [5.41, 5.74) is 0.762. The lowest BCUT2D eigenvalue weighted by Crippen LogP contribution is -2.38. The van der Waals surface area contributed by atoms with Gasteiger partial charge in [0, 0.05) is 17.6 Å². The van der Waals surface area contributed by atoms with E-state index in [0.29, 0.717) is 18.6 Å². The van der Waals surface area contributed by atoms with Gasteiger partial charge in [0.1, 0.15) is 21.3 Å². The number of phenols is 1. The second-order valence-electron chi connectivity index (χ2n) is 5.24. The molecule has 1 saturated heterocycles. The van der Waals surface area contributed by atoms with Crippen LogP contribution in [0.1, 0.15) is 31.4 Å². The smallest absolute Gasteiger partial charge is 0.150 e. The second kappa shape index (κ2) is 6.01. The maximum atomic E-state index is 11.4. The maximum absolute atomic E-state index is 11.4. The first-order chi connectivity index (χ1) is 9.41. The van der Waals surface area contributed by atoms with Gasteiger partial charge in [0.2, 0.25) is 0 Å². The summed E-state index contributed by atoms with van der Waals surface area (Å²) in [5, 5.41) is 13.3. The van der Waals surface area contributed by atoms with E-state index in [4.69, 9.17) is 4.74 Å². The van der Waals surface area contributed by atoms with Crippen LogP contribution in [-0.2, 0) is 9.84 Å². The Morgan fingerprint density at radius 2 is 2.00 bits per heavy atom. The minimum atomic E-state index is -2.84. The third-order valence-electron chi connectivity index (χ3n) is 3.74. The van der Waals surface area contributed by atoms with Gasteiger partial charge in [-0.2, -0.15) is 0 Å². The zero-order valence-corrected chi connectivity index (χ0v) is 12.6. The zero-order chi connectivity index (χ0) is 14.8. The molecule has 0 saturated carbocycles. The van der Waals surface area contributed by atoms with Crippen molar-refractivity contribution in [2.75, 3.05) is 18.6 Å². The molecule has 1 unspecified atom stereocenters. The van der Waals surface area contributed by atoms with E-state index < -0.39 is 9.84 Å². The van der Waals surface area contributed by atoms with Gasteiger partial charge in [-0.3, -0.25) is 0 Å². The molecule has 6 heteroatoms. The largest absolute Gasteiger partial charge is 0.508 e. The Kier molecular flexibility index (Phi) is 4.55. The van der Waals surface area contributed by atoms with E-state index in [0.717, 1.165) is 5.56 Å². The molecule has 2 N–H and O–H groups in total. The summed E-state index contributed by atoms with van der Waals surface area (Å²) in [4.78, 5) is 0. The molecule has 0 amide bonds. The molecule has 1 aromatic rings. The molecule has 1 atom stereocenters. The third-order valence-corrected chi connectivity index (χ3v) is 5.46. The van der Waals surface area contributed by atoms with Crippen LogP contribution in [0.5, 0.6) is 11.5 Å². The lowest BCUT2D eigenvalue weighted by Gasteiger charge is -2.27. The summed E-state index contributed by atoms with van der Waals surface area (Å²) >= 11 is 0. The zero-order valence-electron chi connectivity index (χ0n) is 11.8. The van der Waals surface area contributed by atoms with Gasteiger partial charge in [0.25, 0.3) is 0 Å². The summed E-state index contributed by atoms with van der Waals surface area (Å²) in [5.74, 6) is 1.38. The monoisotopic (exact) mass is 299 g/mol. The summed E-state index contributed by atoms with van der Waals surface area (Å²) < 4.78 is 28.0. The van der Waals surface area contributed by atoms with Gasteiger partial charge in [-0.25, -0.2) is 8.42 Å². The molecule has 1 aliphatic rings. The Morgan fingerprint density at radius 1 is 1.35 bits per heavy atom. The Bertz CT molecular complexity index is 557. The van der Waals surface area contributed by atoms with Crippen LogP contribution < -0.4 is 10.1 Å². The lowest BCUT2D eigenvalue weighted by molar-refractivity contribution is 0.393. The number of aromatic hydroxyl groups is 1. The van der Waals surface area contributed by atoms with E-state index >= 15 is 0 Å². The number of phenolic OH excluding ortho intramolecular Hbond substituents is 1. The van der Waals surface area contributed by atoms with Gasteiger partial charge in [-0.15, -0.1) is 0 Å². The minimum Gasteiger partial charge on any atom is -0.508 e. The van der Waals surface area contributed by atoms with E-state index in [2.05, 4.69) is 5.32 Å². The van der Waals surface area contributed by atoms with Crippen molar-refractivity contribution in [3.63, 3.8) is 0 Å². The molecule has 2 rings (SSSR count). The number of ether oxygens (including phenoxy) is 1. The first-order valence-corrected chi connectivity index (χ1v) is 8.57. The third kappa shape index (κ3) is 3.64. The molecule has 0 bridgehead atoms. The molecule has 1 fully saturated rings. The number of sulfone groups is 1. The number of benzene rings is 1. The number of hydrogen-bond donors (Lipinski definition) is 2. The van der Waals surface area contributed by atoms with E-state index in [1.54, 1.807) is 25.3 Å². The average molecular weight is 299 g/mol. The second-order valence-corrected chi connectivity index (χ2v) is 7.54. The van der Waals surface area contributed by atoms with E-state index in [-0.39, 0.29) is 29.3 Å². The predicted molar refractivity (Wildman–Crippen MR) is 77.9 cm³/mol. The first-order valence-electron chi connectivity index (χ1n) is 6.74. The predicted octanol–water partition coefficient (Wildman–Crippen LogP) is 1.63. The van der Waals surface area contributed by atoms with Crippen molar-refractivity contribution >= 4 is 9.84 Å². The molecule has 0 aromatic heterocycles. The molecule has 0 aliphatic carbocycles. The van der Waals surface area contributed by atoms with Crippen LogP contribution in [0.15, 0.2) is 18.2 Å². The molecule has 5 nitrogen and oxygen atoms in total. The highest BCUT2D eigenvalue weighted by atomic mass is 32.2. The SMILES string of the molecule is COc1ccc(O)c(C(C)NC2CCS(=O)(=O)CC2)c1. The van der Waals surface area contributed by atoms with Crippen molar-refractivity contribution in [1.82, 2.24) is 5.32 Å². The van der Waals surface area contributed by atoms with Crippen molar-refractivity contribution < 1.29 is 18.3 Å². The number of hydrogen-bond acceptors (Lipinski definition) is 5. The number of methoxy groups -OCH3 is 1. The highest BCUT2D eigenvalue weighted by Crippen LogP contribution is 2.29. The summed E-state index contributed by atoms with van der Waals surface area (Å²) in [6, 6.07) is 5.22. The Labute approximate surface area is 119 Å². The van der Waals surface area contributed by atoms with Gasteiger partial charge in [-0.05, 0) is 38.0 Å². The van der Waals surface area contributed by atoms with Crippen molar-refractivity contribution in [1.29, 1.82) is 0 Å². The van der Waals surface area contributed by atoms with Crippen LogP contribution in [0.3, 0.4) is 0 Å². The van der Waals surface area contributed by atoms with Gasteiger partial charge in [-0.1, -0.05) is 0 Å². The molecule has 20 heavy (non-hydrogen) atoms. The molecule has 1 aliphatic heterocycles. The highest BCUT2D eigenvalue weighted by molar-refractivity contribution is 7.91. The molecule has 1 aromatic carbocycles. The highest BCUT2D eigenvalue weighted by Gasteiger charge is 2.25. The quantitative estimate of drug-likeness (QED) is 0.884. The Balaban J connectivity index is 2.03. The standard InChI is InChI=1S/C14H21NO4S/c1-10(13-9-12(19-2)3-4-14(13)16)15-11-5-7-20(17,18)8-6-11/h3-4,9-11,15-16H,5-8H2,1-2H3. The van der Waals surface area contributed by atoms with Crippen LogP contribution >= 0.6 is 0 Å². The molecular weight excluding hydrogens is 278 g/mol. The normalized spacial score (nSPS) is 20.5. The summed E-state index contributed by atoms with van der Waals surface area (Å²) in [6.07, 6.45) is 1.24. The van der Waals surface area contributed by atoms with Crippen molar-refractivity contribution in [2.24, 2.45) is 0 Å². The van der Waals surface area contributed by atoms with Gasteiger partial charge < -0.3 is 15.2 Å². The molecule has 1 heterocycles. The van der Waals surface area contributed by atoms with Gasteiger partial charge in [0.05, 0.1) is 18.6 Å². The molecule has 0 radical (unpaired) electrons. The van der Waals surface area contributed by atoms with Crippen molar-refractivity contribution in [3.8, 4) is 11.5 Å². The van der Waals surface area contributed by atoms with Crippen LogP contribution in [0.25, 0.3) is 0 Å². The van der Waals surface area contributed by atoms with E-state index in [9.17, 15) is 13.5 Å². The lowest BCUT2D eigenvalue weighted by atomic mass is 10.0. The summed E-state index contributed by atoms with van der Waals surface area (Å²) in [7, 11) is -1.26. The fourth-order valence-corrected chi connectivity index (χ4v) is 4.00. The fourth-order valence-electron chi connectivity index (χ4n) is 2.51. The van der Waals surface area contributed by atoms with E-state index in [1.807, 2.05) is 6.92 Å². The van der Waals surface area contributed by atoms with E-state index in [1.165, 1.54) is 0 Å². The van der Waals surface area contributed by atoms with Crippen LogP contribution in [0, 0.1) is 0 Å². The maximum Gasteiger partial charge on any atom is 0.150 e. The number of nitrogens with one attached hydrogen (secondary N) is 1. The number of rotatable bonds is 4. The Hall–Kier alpha value is -1.27. The van der Waals surface area contributed by atoms with Gasteiger partial charge >= 0.3 is 0 Å². The first kappa shape index (κ1) is 15.1. The fraction of sp³-hybridized carbons (Fsp3) is 0.571. The summed E-state index contributed by atoms with van der Waals surface area (Å²) in [6.45, 7) is 1.96. The molecular formula is C14H21NO4S. The minimum absolute atomic E-state index is 0.0593. The van der Waals surface area contributed by atoms with Crippen molar-refractivity contribution in [3.05, 3.63) is 23.8 Å². The average Bonchev–Trinajstić information content (AvgIpc) is 2.41. The molecule has 0 spiro atoms. The van der Waals surface area contributed by atoms with Crippen LogP contribution in [0.2, 0.25) is 0 Å². The topological polar surface area (TPSA) is 75.6 Å². The Morgan fingerprint density at radius 3 is 2.60 bits per heavy atom. The van der Waals surface area contributed by atoms with Gasteiger partial charge in [0.15, 0.2) is 0 Å². The molecule has 112 valence electrons.